The second kappa shape index (κ2) is 4.18. The molecular formula is C9H5ClF4O. The first-order valence-corrected chi connectivity index (χ1v) is 4.22. The molecule has 0 fully saturated rings. The Kier molecular flexibility index (Phi) is 3.34. The van der Waals surface area contributed by atoms with Crippen LogP contribution >= 0.6 is 11.6 Å². The Bertz CT molecular complexity index is 366. The van der Waals surface area contributed by atoms with Gasteiger partial charge >= 0.3 is 5.38 Å². The fourth-order valence-corrected chi connectivity index (χ4v) is 1.07. The van der Waals surface area contributed by atoms with Gasteiger partial charge in [-0.15, -0.1) is 0 Å². The summed E-state index contributed by atoms with van der Waals surface area (Å²) in [6.45, 7) is 0. The summed E-state index contributed by atoms with van der Waals surface area (Å²) in [7, 11) is 0. The molecule has 1 aromatic carbocycles. The normalized spacial score (nSPS) is 11.5. The highest BCUT2D eigenvalue weighted by Crippen LogP contribution is 2.22. The Labute approximate surface area is 87.7 Å². The first kappa shape index (κ1) is 12.0. The van der Waals surface area contributed by atoms with E-state index in [9.17, 15) is 22.4 Å². The number of ketones is 1. The maximum atomic E-state index is 12.6. The molecule has 0 amide bonds. The van der Waals surface area contributed by atoms with Gasteiger partial charge < -0.3 is 0 Å². The number of halogens is 5. The minimum atomic E-state index is -4.01. The van der Waals surface area contributed by atoms with Gasteiger partial charge in [-0.25, -0.2) is 8.78 Å². The van der Waals surface area contributed by atoms with Crippen molar-refractivity contribution in [1.29, 1.82) is 0 Å². The van der Waals surface area contributed by atoms with Crippen LogP contribution in [0, 0.1) is 11.6 Å². The number of carbonyl (C=O) groups excluding carboxylic acids is 1. The standard InChI is InChI=1S/C9H5ClF4O/c10-9(13,14)8(15)3-5-1-6(11)4-7(12)2-5/h1-2,4H,3H2. The number of benzene rings is 1. The molecular weight excluding hydrogens is 236 g/mol. The van der Waals surface area contributed by atoms with Gasteiger partial charge in [0.05, 0.1) is 0 Å². The molecule has 0 aromatic heterocycles. The summed E-state index contributed by atoms with van der Waals surface area (Å²) in [5.74, 6) is -3.47. The SMILES string of the molecule is O=C(Cc1cc(F)cc(F)c1)C(F)(F)Cl. The molecule has 0 saturated heterocycles. The van der Waals surface area contributed by atoms with Crippen molar-refractivity contribution in [2.45, 2.75) is 11.8 Å². The van der Waals surface area contributed by atoms with Crippen molar-refractivity contribution in [2.75, 3.05) is 0 Å². The Morgan fingerprint density at radius 2 is 1.67 bits per heavy atom. The highest BCUT2D eigenvalue weighted by molar-refractivity contribution is 6.32. The largest absolute Gasteiger partial charge is 0.380 e. The van der Waals surface area contributed by atoms with Crippen LogP contribution in [0.1, 0.15) is 5.56 Å². The molecule has 0 heterocycles. The summed E-state index contributed by atoms with van der Waals surface area (Å²) in [4.78, 5) is 10.7. The lowest BCUT2D eigenvalue weighted by Gasteiger charge is -2.06. The van der Waals surface area contributed by atoms with Crippen LogP contribution in [-0.2, 0) is 11.2 Å². The molecule has 0 aliphatic carbocycles. The lowest BCUT2D eigenvalue weighted by atomic mass is 10.1. The molecule has 0 aliphatic heterocycles. The molecule has 0 aliphatic rings. The van der Waals surface area contributed by atoms with Gasteiger partial charge in [0.25, 0.3) is 0 Å². The number of hydrogen-bond donors (Lipinski definition) is 0. The molecule has 0 saturated carbocycles. The fraction of sp³-hybridized carbons (Fsp3) is 0.222. The molecule has 1 rings (SSSR count). The molecule has 1 aromatic rings. The maximum absolute atomic E-state index is 12.6. The van der Waals surface area contributed by atoms with Gasteiger partial charge in [0.15, 0.2) is 0 Å². The Morgan fingerprint density at radius 1 is 1.20 bits per heavy atom. The third-order valence-electron chi connectivity index (χ3n) is 1.60. The summed E-state index contributed by atoms with van der Waals surface area (Å²) in [6.07, 6.45) is -0.814. The van der Waals surface area contributed by atoms with Crippen molar-refractivity contribution < 1.29 is 22.4 Å². The fourth-order valence-electron chi connectivity index (χ4n) is 0.999. The number of alkyl halides is 3. The predicted octanol–water partition coefficient (Wildman–Crippen LogP) is 2.91. The molecule has 0 N–H and O–H groups in total. The van der Waals surface area contributed by atoms with Gasteiger partial charge in [0.1, 0.15) is 11.6 Å². The van der Waals surface area contributed by atoms with Gasteiger partial charge in [0, 0.05) is 12.5 Å². The summed E-state index contributed by atoms with van der Waals surface area (Å²) in [6, 6.07) is 2.17. The van der Waals surface area contributed by atoms with Crippen molar-refractivity contribution in [2.24, 2.45) is 0 Å². The number of hydrogen-bond acceptors (Lipinski definition) is 1. The summed E-state index contributed by atoms with van der Waals surface area (Å²) in [5, 5.41) is -4.01. The minimum Gasteiger partial charge on any atom is -0.291 e. The summed E-state index contributed by atoms with van der Waals surface area (Å²) >= 11 is 4.44. The van der Waals surface area contributed by atoms with Crippen LogP contribution in [0.3, 0.4) is 0 Å². The summed E-state index contributed by atoms with van der Waals surface area (Å²) in [5.41, 5.74) is -0.183. The Hall–Kier alpha value is -1.10. The zero-order valence-corrected chi connectivity index (χ0v) is 7.99. The molecule has 0 atom stereocenters. The second-order valence-corrected chi connectivity index (χ2v) is 3.35. The quantitative estimate of drug-likeness (QED) is 0.586. The van der Waals surface area contributed by atoms with Crippen molar-refractivity contribution in [3.8, 4) is 0 Å². The van der Waals surface area contributed by atoms with E-state index in [-0.39, 0.29) is 5.56 Å². The van der Waals surface area contributed by atoms with E-state index in [0.717, 1.165) is 12.1 Å². The number of carbonyl (C=O) groups is 1. The molecule has 0 radical (unpaired) electrons. The number of Topliss-reactive ketones (excluding diaryl/α,β-unsaturated/α-hetero) is 1. The van der Waals surface area contributed by atoms with Crippen molar-refractivity contribution in [3.63, 3.8) is 0 Å². The molecule has 15 heavy (non-hydrogen) atoms. The first-order chi connectivity index (χ1) is 6.79. The van der Waals surface area contributed by atoms with E-state index in [1.165, 1.54) is 0 Å². The average molecular weight is 241 g/mol. The molecule has 0 spiro atoms. The molecule has 0 unspecified atom stereocenters. The Morgan fingerprint density at radius 3 is 2.07 bits per heavy atom. The van der Waals surface area contributed by atoms with E-state index < -0.39 is 29.2 Å². The minimum absolute atomic E-state index is 0.183. The highest BCUT2D eigenvalue weighted by atomic mass is 35.5. The topological polar surface area (TPSA) is 17.1 Å². The van der Waals surface area contributed by atoms with Gasteiger partial charge in [-0.2, -0.15) is 8.78 Å². The lowest BCUT2D eigenvalue weighted by molar-refractivity contribution is -0.132. The smallest absolute Gasteiger partial charge is 0.291 e. The molecule has 82 valence electrons. The van der Waals surface area contributed by atoms with E-state index in [1.807, 2.05) is 0 Å². The monoisotopic (exact) mass is 240 g/mol. The zero-order valence-electron chi connectivity index (χ0n) is 7.24. The van der Waals surface area contributed by atoms with Crippen LogP contribution in [-0.4, -0.2) is 11.2 Å². The molecule has 6 heteroatoms. The third-order valence-corrected chi connectivity index (χ3v) is 1.81. The van der Waals surface area contributed by atoms with Crippen molar-refractivity contribution in [3.05, 3.63) is 35.4 Å². The highest BCUT2D eigenvalue weighted by Gasteiger charge is 2.35. The van der Waals surface area contributed by atoms with Gasteiger partial charge in [-0.05, 0) is 29.3 Å². The lowest BCUT2D eigenvalue weighted by Crippen LogP contribution is -2.23. The van der Waals surface area contributed by atoms with E-state index in [1.54, 1.807) is 0 Å². The Balaban J connectivity index is 2.86. The van der Waals surface area contributed by atoms with Crippen LogP contribution in [0.15, 0.2) is 18.2 Å². The van der Waals surface area contributed by atoms with Gasteiger partial charge in [-0.1, -0.05) is 0 Å². The van der Waals surface area contributed by atoms with Crippen LogP contribution in [0.4, 0.5) is 17.6 Å². The average Bonchev–Trinajstić information content (AvgIpc) is 1.99. The van der Waals surface area contributed by atoms with Crippen LogP contribution in [0.25, 0.3) is 0 Å². The van der Waals surface area contributed by atoms with E-state index in [0.29, 0.717) is 6.07 Å². The summed E-state index contributed by atoms with van der Waals surface area (Å²) < 4.78 is 49.7. The zero-order chi connectivity index (χ0) is 11.6. The van der Waals surface area contributed by atoms with Gasteiger partial charge in [0.2, 0.25) is 5.78 Å². The van der Waals surface area contributed by atoms with Crippen molar-refractivity contribution in [1.82, 2.24) is 0 Å². The maximum Gasteiger partial charge on any atom is 0.380 e. The third kappa shape index (κ3) is 3.51. The predicted molar refractivity (Wildman–Crippen MR) is 45.9 cm³/mol. The second-order valence-electron chi connectivity index (χ2n) is 2.88. The van der Waals surface area contributed by atoms with E-state index >= 15 is 0 Å². The van der Waals surface area contributed by atoms with Gasteiger partial charge in [-0.3, -0.25) is 4.79 Å². The van der Waals surface area contributed by atoms with Crippen LogP contribution in [0.2, 0.25) is 0 Å². The number of rotatable bonds is 3. The van der Waals surface area contributed by atoms with Crippen molar-refractivity contribution >= 4 is 17.4 Å². The van der Waals surface area contributed by atoms with E-state index in [2.05, 4.69) is 11.6 Å². The first-order valence-electron chi connectivity index (χ1n) is 3.84. The van der Waals surface area contributed by atoms with E-state index in [4.69, 9.17) is 0 Å². The molecule has 1 nitrogen and oxygen atoms in total. The van der Waals surface area contributed by atoms with Crippen LogP contribution in [0.5, 0.6) is 0 Å². The molecule has 0 bridgehead atoms. The van der Waals surface area contributed by atoms with Crippen LogP contribution < -0.4 is 0 Å².